The normalized spacial score (nSPS) is 20.1. The Labute approximate surface area is 105 Å². The second-order valence-corrected chi connectivity index (χ2v) is 4.73. The van der Waals surface area contributed by atoms with Crippen LogP contribution < -0.4 is 16.6 Å². The highest BCUT2D eigenvalue weighted by Crippen LogP contribution is 2.16. The summed E-state index contributed by atoms with van der Waals surface area (Å²) < 4.78 is 1.74. The third kappa shape index (κ3) is 1.86. The molecule has 1 aliphatic rings. The Bertz CT molecular complexity index is 628. The summed E-state index contributed by atoms with van der Waals surface area (Å²) in [7, 11) is 0. The van der Waals surface area contributed by atoms with Crippen molar-refractivity contribution in [1.29, 1.82) is 0 Å². The Hall–Kier alpha value is -1.88. The monoisotopic (exact) mass is 244 g/mol. The number of fused-ring (bicyclic) bond motifs is 1. The first-order chi connectivity index (χ1) is 8.75. The molecule has 1 saturated heterocycles. The first-order valence-electron chi connectivity index (χ1n) is 6.23. The van der Waals surface area contributed by atoms with Crippen molar-refractivity contribution < 1.29 is 0 Å². The summed E-state index contributed by atoms with van der Waals surface area (Å²) in [5.41, 5.74) is 7.02. The highest BCUT2D eigenvalue weighted by Gasteiger charge is 2.17. The number of nitrogens with two attached hydrogens (primary N) is 1. The van der Waals surface area contributed by atoms with E-state index in [1.54, 1.807) is 29.1 Å². The van der Waals surface area contributed by atoms with Gasteiger partial charge in [-0.05, 0) is 37.6 Å². The van der Waals surface area contributed by atoms with E-state index in [2.05, 4.69) is 10.3 Å². The SMILES string of the molecule is Nc1ccc2c(=O)n(C3CCCNC3)cnc2c1. The van der Waals surface area contributed by atoms with E-state index >= 15 is 0 Å². The van der Waals surface area contributed by atoms with Crippen molar-refractivity contribution >= 4 is 16.6 Å². The molecule has 1 aromatic carbocycles. The molecule has 1 unspecified atom stereocenters. The van der Waals surface area contributed by atoms with Gasteiger partial charge in [0.1, 0.15) is 0 Å². The van der Waals surface area contributed by atoms with E-state index in [1.807, 2.05) is 0 Å². The highest BCUT2D eigenvalue weighted by molar-refractivity contribution is 5.80. The van der Waals surface area contributed by atoms with E-state index in [0.29, 0.717) is 16.6 Å². The average Bonchev–Trinajstić information content (AvgIpc) is 2.40. The van der Waals surface area contributed by atoms with Crippen LogP contribution in [0.2, 0.25) is 0 Å². The molecule has 5 nitrogen and oxygen atoms in total. The lowest BCUT2D eigenvalue weighted by Gasteiger charge is -2.24. The zero-order chi connectivity index (χ0) is 12.5. The van der Waals surface area contributed by atoms with Crippen LogP contribution >= 0.6 is 0 Å². The first kappa shape index (κ1) is 11.2. The molecular weight excluding hydrogens is 228 g/mol. The number of nitrogen functional groups attached to an aromatic ring is 1. The molecule has 1 aromatic heterocycles. The van der Waals surface area contributed by atoms with Crippen molar-refractivity contribution in [3.05, 3.63) is 34.9 Å². The molecule has 0 saturated carbocycles. The number of benzene rings is 1. The molecule has 2 aromatic rings. The summed E-state index contributed by atoms with van der Waals surface area (Å²) in [5.74, 6) is 0. The van der Waals surface area contributed by atoms with Crippen LogP contribution in [0.1, 0.15) is 18.9 Å². The summed E-state index contributed by atoms with van der Waals surface area (Å²) in [4.78, 5) is 16.7. The molecule has 2 heterocycles. The standard InChI is InChI=1S/C13H16N4O/c14-9-3-4-11-12(6-9)16-8-17(13(11)18)10-2-1-5-15-7-10/h3-4,6,8,10,15H,1-2,5,7,14H2. The third-order valence-electron chi connectivity index (χ3n) is 3.47. The molecule has 0 amide bonds. The van der Waals surface area contributed by atoms with Crippen molar-refractivity contribution in [3.8, 4) is 0 Å². The summed E-state index contributed by atoms with van der Waals surface area (Å²) >= 11 is 0. The number of nitrogens with one attached hydrogen (secondary N) is 1. The molecule has 1 fully saturated rings. The minimum atomic E-state index is 0.0219. The minimum Gasteiger partial charge on any atom is -0.399 e. The zero-order valence-electron chi connectivity index (χ0n) is 10.1. The molecule has 0 spiro atoms. The van der Waals surface area contributed by atoms with Gasteiger partial charge in [0, 0.05) is 12.2 Å². The molecule has 0 aliphatic carbocycles. The van der Waals surface area contributed by atoms with Crippen LogP contribution in [-0.2, 0) is 0 Å². The molecule has 3 N–H and O–H groups in total. The van der Waals surface area contributed by atoms with Crippen LogP contribution in [0.3, 0.4) is 0 Å². The van der Waals surface area contributed by atoms with Crippen molar-refractivity contribution in [2.75, 3.05) is 18.8 Å². The van der Waals surface area contributed by atoms with Gasteiger partial charge in [-0.1, -0.05) is 0 Å². The number of anilines is 1. The fourth-order valence-electron chi connectivity index (χ4n) is 2.48. The van der Waals surface area contributed by atoms with Gasteiger partial charge in [0.25, 0.3) is 5.56 Å². The Kier molecular flexibility index (Phi) is 2.76. The van der Waals surface area contributed by atoms with Gasteiger partial charge in [0.05, 0.1) is 23.3 Å². The molecule has 5 heteroatoms. The van der Waals surface area contributed by atoms with Crippen molar-refractivity contribution in [1.82, 2.24) is 14.9 Å². The summed E-state index contributed by atoms with van der Waals surface area (Å²) in [6.45, 7) is 1.87. The molecule has 18 heavy (non-hydrogen) atoms. The maximum atomic E-state index is 12.4. The van der Waals surface area contributed by atoms with E-state index in [4.69, 9.17) is 5.73 Å². The van der Waals surface area contributed by atoms with Crippen LogP contribution in [0.15, 0.2) is 29.3 Å². The lowest BCUT2D eigenvalue weighted by atomic mass is 10.1. The fourth-order valence-corrected chi connectivity index (χ4v) is 2.48. The second-order valence-electron chi connectivity index (χ2n) is 4.73. The molecule has 0 bridgehead atoms. The predicted molar refractivity (Wildman–Crippen MR) is 71.6 cm³/mol. The molecule has 1 aliphatic heterocycles. The number of nitrogens with zero attached hydrogens (tertiary/aromatic N) is 2. The van der Waals surface area contributed by atoms with Crippen molar-refractivity contribution in [2.45, 2.75) is 18.9 Å². The molecular formula is C13H16N4O. The fraction of sp³-hybridized carbons (Fsp3) is 0.385. The third-order valence-corrected chi connectivity index (χ3v) is 3.47. The van der Waals surface area contributed by atoms with Gasteiger partial charge in [-0.2, -0.15) is 0 Å². The quantitative estimate of drug-likeness (QED) is 0.731. The smallest absolute Gasteiger partial charge is 0.261 e. The largest absolute Gasteiger partial charge is 0.399 e. The van der Waals surface area contributed by atoms with Gasteiger partial charge in [-0.15, -0.1) is 0 Å². The molecule has 3 rings (SSSR count). The Balaban J connectivity index is 2.11. The van der Waals surface area contributed by atoms with Crippen LogP contribution in [0.25, 0.3) is 10.9 Å². The number of piperidine rings is 1. The average molecular weight is 244 g/mol. The van der Waals surface area contributed by atoms with Gasteiger partial charge >= 0.3 is 0 Å². The summed E-state index contributed by atoms with van der Waals surface area (Å²) in [5, 5.41) is 3.95. The van der Waals surface area contributed by atoms with E-state index in [9.17, 15) is 4.79 Å². The Morgan fingerprint density at radius 3 is 3.11 bits per heavy atom. The molecule has 0 radical (unpaired) electrons. The topological polar surface area (TPSA) is 72.9 Å². The highest BCUT2D eigenvalue weighted by atomic mass is 16.1. The number of aromatic nitrogens is 2. The second kappa shape index (κ2) is 4.42. The molecule has 94 valence electrons. The predicted octanol–water partition coefficient (Wildman–Crippen LogP) is 0.903. The summed E-state index contributed by atoms with van der Waals surface area (Å²) in [6.07, 6.45) is 3.76. The Morgan fingerprint density at radius 2 is 2.33 bits per heavy atom. The van der Waals surface area contributed by atoms with E-state index in [1.165, 1.54) is 0 Å². The Morgan fingerprint density at radius 1 is 1.44 bits per heavy atom. The van der Waals surface area contributed by atoms with Crippen molar-refractivity contribution in [2.24, 2.45) is 0 Å². The zero-order valence-corrected chi connectivity index (χ0v) is 10.1. The molecule has 1 atom stereocenters. The van der Waals surface area contributed by atoms with Crippen LogP contribution in [0, 0.1) is 0 Å². The lowest BCUT2D eigenvalue weighted by Crippen LogP contribution is -2.36. The van der Waals surface area contributed by atoms with Crippen LogP contribution in [0.4, 0.5) is 5.69 Å². The van der Waals surface area contributed by atoms with Crippen LogP contribution in [0.5, 0.6) is 0 Å². The van der Waals surface area contributed by atoms with Gasteiger partial charge in [-0.25, -0.2) is 4.98 Å². The number of hydrogen-bond acceptors (Lipinski definition) is 4. The van der Waals surface area contributed by atoms with Gasteiger partial charge in [0.15, 0.2) is 0 Å². The number of rotatable bonds is 1. The summed E-state index contributed by atoms with van der Waals surface area (Å²) in [6, 6.07) is 5.45. The van der Waals surface area contributed by atoms with Gasteiger partial charge in [-0.3, -0.25) is 9.36 Å². The lowest BCUT2D eigenvalue weighted by molar-refractivity contribution is 0.363. The van der Waals surface area contributed by atoms with E-state index in [-0.39, 0.29) is 11.6 Å². The maximum absolute atomic E-state index is 12.4. The number of hydrogen-bond donors (Lipinski definition) is 2. The van der Waals surface area contributed by atoms with Crippen LogP contribution in [-0.4, -0.2) is 22.6 Å². The van der Waals surface area contributed by atoms with E-state index < -0.39 is 0 Å². The maximum Gasteiger partial charge on any atom is 0.261 e. The van der Waals surface area contributed by atoms with Crippen molar-refractivity contribution in [3.63, 3.8) is 0 Å². The first-order valence-corrected chi connectivity index (χ1v) is 6.23. The minimum absolute atomic E-state index is 0.0219. The van der Waals surface area contributed by atoms with E-state index in [0.717, 1.165) is 25.9 Å². The van der Waals surface area contributed by atoms with Gasteiger partial charge in [0.2, 0.25) is 0 Å². The van der Waals surface area contributed by atoms with Gasteiger partial charge < -0.3 is 11.1 Å².